The van der Waals surface area contributed by atoms with E-state index in [9.17, 15) is 4.79 Å². The molecule has 0 aliphatic rings. The molecule has 3 aromatic carbocycles. The van der Waals surface area contributed by atoms with Gasteiger partial charge in [0.1, 0.15) is 5.52 Å². The maximum absolute atomic E-state index is 12.6. The second kappa shape index (κ2) is 7.82. The zero-order valence-electron chi connectivity index (χ0n) is 14.1. The maximum atomic E-state index is 12.6. The van der Waals surface area contributed by atoms with Crippen molar-refractivity contribution in [1.29, 1.82) is 0 Å². The van der Waals surface area contributed by atoms with Crippen LogP contribution in [0.25, 0.3) is 11.1 Å². The molecule has 4 aromatic rings. The van der Waals surface area contributed by atoms with Gasteiger partial charge < -0.3 is 9.73 Å². The third-order valence-corrected chi connectivity index (χ3v) is 5.49. The fourth-order valence-corrected chi connectivity index (χ4v) is 3.71. The summed E-state index contributed by atoms with van der Waals surface area (Å²) in [5.41, 5.74) is 3.87. The molecule has 1 N–H and O–H groups in total. The molecule has 134 valence electrons. The number of halogens is 2. The van der Waals surface area contributed by atoms with E-state index in [0.717, 1.165) is 19.1 Å². The average Bonchev–Trinajstić information content (AvgIpc) is 3.06. The first-order chi connectivity index (χ1) is 13.1. The molecule has 1 aromatic heterocycles. The van der Waals surface area contributed by atoms with Crippen molar-refractivity contribution in [2.45, 2.75) is 6.42 Å². The largest absolute Gasteiger partial charge is 0.440 e. The molecule has 27 heavy (non-hydrogen) atoms. The van der Waals surface area contributed by atoms with Crippen LogP contribution in [0.5, 0.6) is 0 Å². The average molecular weight is 533 g/mol. The molecule has 0 unspecified atom stereocenters. The monoisotopic (exact) mass is 532 g/mol. The first kappa shape index (κ1) is 18.2. The summed E-state index contributed by atoms with van der Waals surface area (Å²) in [6.07, 6.45) is 0.632. The van der Waals surface area contributed by atoms with Crippen LogP contribution in [0.1, 0.15) is 21.8 Å². The summed E-state index contributed by atoms with van der Waals surface area (Å²) in [5, 5.41) is 2.93. The molecule has 6 heteroatoms. The van der Waals surface area contributed by atoms with Crippen molar-refractivity contribution in [3.05, 3.63) is 91.8 Å². The Kier molecular flexibility index (Phi) is 5.27. The highest BCUT2D eigenvalue weighted by molar-refractivity contribution is 14.1. The van der Waals surface area contributed by atoms with Gasteiger partial charge in [0.05, 0.1) is 5.56 Å². The highest BCUT2D eigenvalue weighted by atomic mass is 127. The Balaban J connectivity index is 1.56. The van der Waals surface area contributed by atoms with Crippen LogP contribution < -0.4 is 5.32 Å². The summed E-state index contributed by atoms with van der Waals surface area (Å²) in [7, 11) is 0. The third kappa shape index (κ3) is 4.22. The lowest BCUT2D eigenvalue weighted by Crippen LogP contribution is -2.13. The van der Waals surface area contributed by atoms with Gasteiger partial charge in [-0.1, -0.05) is 46.3 Å². The summed E-state index contributed by atoms with van der Waals surface area (Å²) >= 11 is 5.56. The summed E-state index contributed by atoms with van der Waals surface area (Å²) in [6.45, 7) is 0. The maximum Gasteiger partial charge on any atom is 0.256 e. The number of hydrogen-bond acceptors (Lipinski definition) is 3. The first-order valence-corrected chi connectivity index (χ1v) is 10.2. The molecule has 0 radical (unpaired) electrons. The Bertz CT molecular complexity index is 1130. The van der Waals surface area contributed by atoms with Gasteiger partial charge in [0.2, 0.25) is 0 Å². The van der Waals surface area contributed by atoms with E-state index in [2.05, 4.69) is 48.8 Å². The minimum absolute atomic E-state index is 0.159. The number of nitrogens with one attached hydrogen (secondary N) is 1. The van der Waals surface area contributed by atoms with Gasteiger partial charge in [0.15, 0.2) is 11.5 Å². The van der Waals surface area contributed by atoms with Crippen LogP contribution in [0.2, 0.25) is 0 Å². The predicted molar refractivity (Wildman–Crippen MR) is 118 cm³/mol. The van der Waals surface area contributed by atoms with Crippen molar-refractivity contribution < 1.29 is 9.21 Å². The molecular formula is C21H14BrIN2O2. The molecule has 0 aliphatic carbocycles. The zero-order chi connectivity index (χ0) is 18.8. The van der Waals surface area contributed by atoms with Crippen LogP contribution in [0.3, 0.4) is 0 Å². The number of benzene rings is 3. The minimum atomic E-state index is -0.159. The van der Waals surface area contributed by atoms with Gasteiger partial charge in [0, 0.05) is 20.2 Å². The number of hydrogen-bond donors (Lipinski definition) is 1. The molecule has 1 heterocycles. The van der Waals surface area contributed by atoms with Crippen molar-refractivity contribution in [2.75, 3.05) is 5.32 Å². The van der Waals surface area contributed by atoms with Crippen LogP contribution in [-0.4, -0.2) is 10.9 Å². The number of carbonyl (C=O) groups is 1. The fraction of sp³-hybridized carbons (Fsp3) is 0.0476. The number of rotatable bonds is 4. The van der Waals surface area contributed by atoms with Crippen molar-refractivity contribution >= 4 is 61.2 Å². The van der Waals surface area contributed by atoms with Crippen LogP contribution in [0.15, 0.2) is 75.6 Å². The standard InChI is InChI=1S/C21H14BrIN2O2/c22-14-6-8-17(23)16(11-14)21(26)24-15-7-9-19-18(12-15)25-20(27-19)10-13-4-2-1-3-5-13/h1-9,11-12H,10H2,(H,24,26). The Morgan fingerprint density at radius 2 is 1.89 bits per heavy atom. The summed E-state index contributed by atoms with van der Waals surface area (Å²) < 4.78 is 7.58. The van der Waals surface area contributed by atoms with E-state index < -0.39 is 0 Å². The van der Waals surface area contributed by atoms with Crippen molar-refractivity contribution in [3.8, 4) is 0 Å². The van der Waals surface area contributed by atoms with Gasteiger partial charge in [-0.3, -0.25) is 4.79 Å². The van der Waals surface area contributed by atoms with Crippen LogP contribution in [0.4, 0.5) is 5.69 Å². The number of nitrogens with zero attached hydrogens (tertiary/aromatic N) is 1. The van der Waals surface area contributed by atoms with Gasteiger partial charge in [-0.05, 0) is 64.6 Å². The molecule has 4 rings (SSSR count). The van der Waals surface area contributed by atoms with Crippen molar-refractivity contribution in [1.82, 2.24) is 4.98 Å². The lowest BCUT2D eigenvalue weighted by molar-refractivity contribution is 0.102. The smallest absolute Gasteiger partial charge is 0.256 e. The van der Waals surface area contributed by atoms with E-state index in [4.69, 9.17) is 4.42 Å². The quantitative estimate of drug-likeness (QED) is 0.326. The number of aromatic nitrogens is 1. The second-order valence-corrected chi connectivity index (χ2v) is 8.11. The van der Waals surface area contributed by atoms with E-state index in [1.54, 1.807) is 0 Å². The molecule has 1 amide bonds. The lowest BCUT2D eigenvalue weighted by Gasteiger charge is -2.07. The summed E-state index contributed by atoms with van der Waals surface area (Å²) in [6, 6.07) is 21.2. The van der Waals surface area contributed by atoms with E-state index in [1.165, 1.54) is 0 Å². The zero-order valence-corrected chi connectivity index (χ0v) is 17.8. The van der Waals surface area contributed by atoms with Crippen LogP contribution >= 0.6 is 38.5 Å². The molecule has 0 saturated heterocycles. The van der Waals surface area contributed by atoms with Crippen molar-refractivity contribution in [3.63, 3.8) is 0 Å². The van der Waals surface area contributed by atoms with E-state index >= 15 is 0 Å². The molecule has 0 atom stereocenters. The predicted octanol–water partition coefficient (Wildman–Crippen LogP) is 6.04. The summed E-state index contributed by atoms with van der Waals surface area (Å²) in [5.74, 6) is 0.495. The van der Waals surface area contributed by atoms with Crippen LogP contribution in [0, 0.1) is 3.57 Å². The Morgan fingerprint density at radius 1 is 1.07 bits per heavy atom. The Morgan fingerprint density at radius 3 is 2.70 bits per heavy atom. The molecule has 0 fully saturated rings. The third-order valence-electron chi connectivity index (χ3n) is 4.06. The molecular weight excluding hydrogens is 519 g/mol. The SMILES string of the molecule is O=C(Nc1ccc2oc(Cc3ccccc3)nc2c1)c1cc(Br)ccc1I. The normalized spacial score (nSPS) is 10.9. The lowest BCUT2D eigenvalue weighted by atomic mass is 10.1. The molecule has 4 nitrogen and oxygen atoms in total. The van der Waals surface area contributed by atoms with Gasteiger partial charge in [-0.2, -0.15) is 0 Å². The molecule has 0 spiro atoms. The number of carbonyl (C=O) groups excluding carboxylic acids is 1. The minimum Gasteiger partial charge on any atom is -0.440 e. The number of anilines is 1. The van der Waals surface area contributed by atoms with Gasteiger partial charge in [-0.15, -0.1) is 0 Å². The second-order valence-electron chi connectivity index (χ2n) is 6.03. The molecule has 0 bridgehead atoms. The summed E-state index contributed by atoms with van der Waals surface area (Å²) in [4.78, 5) is 17.1. The van der Waals surface area contributed by atoms with Gasteiger partial charge in [-0.25, -0.2) is 4.98 Å². The van der Waals surface area contributed by atoms with Crippen LogP contribution in [-0.2, 0) is 6.42 Å². The number of amides is 1. The number of oxazole rings is 1. The van der Waals surface area contributed by atoms with Gasteiger partial charge >= 0.3 is 0 Å². The highest BCUT2D eigenvalue weighted by Crippen LogP contribution is 2.23. The molecule has 0 aliphatic heterocycles. The van der Waals surface area contributed by atoms with E-state index in [-0.39, 0.29) is 5.91 Å². The van der Waals surface area contributed by atoms with E-state index in [0.29, 0.717) is 29.1 Å². The fourth-order valence-electron chi connectivity index (χ4n) is 2.77. The number of fused-ring (bicyclic) bond motifs is 1. The Hall–Kier alpha value is -2.19. The molecule has 0 saturated carbocycles. The van der Waals surface area contributed by atoms with Gasteiger partial charge in [0.25, 0.3) is 5.91 Å². The van der Waals surface area contributed by atoms with E-state index in [1.807, 2.05) is 66.7 Å². The Labute approximate surface area is 178 Å². The topological polar surface area (TPSA) is 55.1 Å². The highest BCUT2D eigenvalue weighted by Gasteiger charge is 2.13. The van der Waals surface area contributed by atoms with Crippen molar-refractivity contribution in [2.24, 2.45) is 0 Å². The first-order valence-electron chi connectivity index (χ1n) is 8.28.